The fourth-order valence-electron chi connectivity index (χ4n) is 6.14. The Labute approximate surface area is 226 Å². The summed E-state index contributed by atoms with van der Waals surface area (Å²) in [6.45, 7) is 1.85. The van der Waals surface area contributed by atoms with Crippen LogP contribution in [0.15, 0.2) is 71.2 Å². The van der Waals surface area contributed by atoms with Gasteiger partial charge in [-0.3, -0.25) is 19.3 Å². The van der Waals surface area contributed by atoms with E-state index >= 15 is 0 Å². The minimum absolute atomic E-state index is 0.0309. The van der Waals surface area contributed by atoms with Crippen LogP contribution in [0.1, 0.15) is 34.2 Å². The van der Waals surface area contributed by atoms with Crippen molar-refractivity contribution in [2.24, 2.45) is 11.8 Å². The maximum absolute atomic E-state index is 13.8. The first-order valence-electron chi connectivity index (χ1n) is 11.7. The molecule has 3 aliphatic carbocycles. The Kier molecular flexibility index (Phi) is 5.38. The van der Waals surface area contributed by atoms with Gasteiger partial charge in [0.05, 0.1) is 11.8 Å². The largest absolute Gasteiger partial charge is 0.326 e. The summed E-state index contributed by atoms with van der Waals surface area (Å²) in [7, 11) is 0. The number of carbonyl (C=O) groups excluding carboxylic acids is 3. The lowest BCUT2D eigenvalue weighted by Gasteiger charge is -2.54. The third-order valence-corrected chi connectivity index (χ3v) is 9.48. The van der Waals surface area contributed by atoms with E-state index in [1.54, 1.807) is 6.07 Å². The van der Waals surface area contributed by atoms with Gasteiger partial charge in [-0.15, -0.1) is 23.2 Å². The average molecular weight is 584 g/mol. The molecule has 3 aromatic carbocycles. The van der Waals surface area contributed by atoms with Crippen LogP contribution in [-0.4, -0.2) is 29.2 Å². The van der Waals surface area contributed by atoms with Crippen molar-refractivity contribution in [1.82, 2.24) is 4.90 Å². The highest BCUT2D eigenvalue weighted by molar-refractivity contribution is 9.10. The molecule has 0 spiro atoms. The standard InChI is InChI=1S/C28H21BrCl2N2O3/c1-15-14-16(29)10-11-21(15)32-22(34)12-13-33-25(35)23-24(26(33)36)28(31)18-7-3-2-6-17(18)27(23,30)19-8-4-5-9-20(19)28/h2-11,14,23-24H,12-13H2,1H3,(H,32,34)/t23-,24-,27?,28?/m0/s1. The van der Waals surface area contributed by atoms with Crippen molar-refractivity contribution in [3.05, 3.63) is 99.0 Å². The zero-order chi connectivity index (χ0) is 25.4. The monoisotopic (exact) mass is 582 g/mol. The topological polar surface area (TPSA) is 66.5 Å². The number of likely N-dealkylation sites (tertiary alicyclic amines) is 1. The van der Waals surface area contributed by atoms with Gasteiger partial charge in [-0.05, 0) is 52.9 Å². The van der Waals surface area contributed by atoms with E-state index in [4.69, 9.17) is 23.2 Å². The predicted octanol–water partition coefficient (Wildman–Crippen LogP) is 5.68. The molecule has 0 aromatic heterocycles. The van der Waals surface area contributed by atoms with E-state index in [0.29, 0.717) is 5.69 Å². The van der Waals surface area contributed by atoms with E-state index in [1.807, 2.05) is 67.6 Å². The Morgan fingerprint density at radius 3 is 1.81 bits per heavy atom. The highest BCUT2D eigenvalue weighted by Crippen LogP contribution is 2.69. The minimum atomic E-state index is -1.22. The van der Waals surface area contributed by atoms with Gasteiger partial charge in [0.15, 0.2) is 0 Å². The van der Waals surface area contributed by atoms with Gasteiger partial charge in [-0.1, -0.05) is 64.5 Å². The fourth-order valence-corrected chi connectivity index (χ4v) is 7.71. The molecule has 182 valence electrons. The number of imide groups is 1. The number of alkyl halides is 2. The highest BCUT2D eigenvalue weighted by Gasteiger charge is 2.72. The van der Waals surface area contributed by atoms with Crippen molar-refractivity contribution in [3.8, 4) is 0 Å². The van der Waals surface area contributed by atoms with E-state index in [0.717, 1.165) is 32.3 Å². The molecule has 7 rings (SSSR count). The molecule has 3 amide bonds. The first kappa shape index (κ1) is 23.7. The Balaban J connectivity index is 1.33. The molecule has 1 N–H and O–H groups in total. The zero-order valence-corrected chi connectivity index (χ0v) is 22.3. The van der Waals surface area contributed by atoms with Crippen molar-refractivity contribution >= 4 is 62.5 Å². The van der Waals surface area contributed by atoms with E-state index in [9.17, 15) is 14.4 Å². The zero-order valence-electron chi connectivity index (χ0n) is 19.2. The summed E-state index contributed by atoms with van der Waals surface area (Å²) >= 11 is 18.2. The maximum atomic E-state index is 13.8. The Morgan fingerprint density at radius 1 is 0.889 bits per heavy atom. The number of nitrogens with one attached hydrogen (secondary N) is 1. The highest BCUT2D eigenvalue weighted by atomic mass is 79.9. The number of hydrogen-bond acceptors (Lipinski definition) is 3. The van der Waals surface area contributed by atoms with E-state index in [1.165, 1.54) is 4.90 Å². The van der Waals surface area contributed by atoms with Gasteiger partial charge >= 0.3 is 0 Å². The summed E-state index contributed by atoms with van der Waals surface area (Å²) in [6, 6.07) is 20.6. The summed E-state index contributed by atoms with van der Waals surface area (Å²) < 4.78 is 0.912. The molecule has 1 heterocycles. The smallest absolute Gasteiger partial charge is 0.235 e. The molecule has 1 aliphatic heterocycles. The predicted molar refractivity (Wildman–Crippen MR) is 142 cm³/mol. The Morgan fingerprint density at radius 2 is 1.36 bits per heavy atom. The number of halogens is 3. The summed E-state index contributed by atoms with van der Waals surface area (Å²) in [5, 5.41) is 2.87. The Bertz CT molecular complexity index is 1350. The number of aryl methyl sites for hydroxylation is 1. The van der Waals surface area contributed by atoms with E-state index in [-0.39, 0.29) is 30.7 Å². The van der Waals surface area contributed by atoms with Crippen molar-refractivity contribution in [1.29, 1.82) is 0 Å². The Hall–Kier alpha value is -2.67. The van der Waals surface area contributed by atoms with Crippen LogP contribution < -0.4 is 5.32 Å². The normalized spacial score (nSPS) is 27.5. The number of rotatable bonds is 4. The van der Waals surface area contributed by atoms with E-state index < -0.39 is 21.6 Å². The number of anilines is 1. The summed E-state index contributed by atoms with van der Waals surface area (Å²) in [4.78, 5) is 39.1. The number of amides is 3. The molecule has 1 saturated heterocycles. The van der Waals surface area contributed by atoms with Crippen LogP contribution in [0.4, 0.5) is 5.69 Å². The van der Waals surface area contributed by atoms with Gasteiger partial charge in [0.25, 0.3) is 0 Å². The van der Waals surface area contributed by atoms with Gasteiger partial charge < -0.3 is 5.32 Å². The molecule has 0 radical (unpaired) electrons. The van der Waals surface area contributed by atoms with Crippen molar-refractivity contribution in [2.75, 3.05) is 11.9 Å². The molecular weight excluding hydrogens is 563 g/mol. The summed E-state index contributed by atoms with van der Waals surface area (Å²) in [6.07, 6.45) is -0.0309. The number of nitrogens with zero attached hydrogens (tertiary/aromatic N) is 1. The number of carbonyl (C=O) groups is 3. The molecular formula is C28H21BrCl2N2O3. The van der Waals surface area contributed by atoms with Crippen LogP contribution in [-0.2, 0) is 24.1 Å². The van der Waals surface area contributed by atoms with Gasteiger partial charge in [-0.25, -0.2) is 0 Å². The molecule has 1 fully saturated rings. The van der Waals surface area contributed by atoms with Gasteiger partial charge in [0.2, 0.25) is 17.7 Å². The third-order valence-electron chi connectivity index (χ3n) is 7.70. The van der Waals surface area contributed by atoms with Crippen LogP contribution in [0, 0.1) is 18.8 Å². The minimum Gasteiger partial charge on any atom is -0.326 e. The third kappa shape index (κ3) is 3.04. The molecule has 0 saturated carbocycles. The summed E-state index contributed by atoms with van der Waals surface area (Å²) in [5.41, 5.74) is 4.61. The number of hydrogen-bond donors (Lipinski definition) is 1. The molecule has 2 atom stereocenters. The SMILES string of the molecule is Cc1cc(Br)ccc1NC(=O)CCN1C(=O)[C@@H]2[C@@H](C1=O)C1(Cl)c3ccccc3C2(Cl)c2ccccc21. The maximum Gasteiger partial charge on any atom is 0.235 e. The molecule has 3 aromatic rings. The fraction of sp³-hybridized carbons (Fsp3) is 0.250. The second-order valence-corrected chi connectivity index (χ2v) is 11.7. The van der Waals surface area contributed by atoms with Gasteiger partial charge in [-0.2, -0.15) is 0 Å². The molecule has 36 heavy (non-hydrogen) atoms. The second-order valence-electron chi connectivity index (χ2n) is 9.56. The molecule has 4 aliphatic rings. The lowest BCUT2D eigenvalue weighted by molar-refractivity contribution is -0.140. The van der Waals surface area contributed by atoms with Crippen LogP contribution in [0.3, 0.4) is 0 Å². The van der Waals surface area contributed by atoms with Crippen molar-refractivity contribution in [2.45, 2.75) is 23.1 Å². The molecule has 2 bridgehead atoms. The van der Waals surface area contributed by atoms with Gasteiger partial charge in [0.1, 0.15) is 9.75 Å². The van der Waals surface area contributed by atoms with Crippen LogP contribution in [0.2, 0.25) is 0 Å². The first-order valence-corrected chi connectivity index (χ1v) is 13.2. The quantitative estimate of drug-likeness (QED) is 0.317. The van der Waals surface area contributed by atoms with Crippen LogP contribution in [0.5, 0.6) is 0 Å². The number of benzene rings is 3. The first-order chi connectivity index (χ1) is 17.2. The molecule has 0 unspecified atom stereocenters. The van der Waals surface area contributed by atoms with Crippen LogP contribution >= 0.6 is 39.1 Å². The van der Waals surface area contributed by atoms with Crippen molar-refractivity contribution < 1.29 is 14.4 Å². The van der Waals surface area contributed by atoms with Crippen molar-refractivity contribution in [3.63, 3.8) is 0 Å². The van der Waals surface area contributed by atoms with Crippen LogP contribution in [0.25, 0.3) is 0 Å². The van der Waals surface area contributed by atoms with Gasteiger partial charge in [0, 0.05) is 23.1 Å². The lowest BCUT2D eigenvalue weighted by Crippen LogP contribution is -2.57. The molecule has 8 heteroatoms. The van der Waals surface area contributed by atoms with E-state index in [2.05, 4.69) is 21.2 Å². The summed E-state index contributed by atoms with van der Waals surface area (Å²) in [5.74, 6) is -2.77. The average Bonchev–Trinajstić information content (AvgIpc) is 3.13. The lowest BCUT2D eigenvalue weighted by atomic mass is 9.54. The second kappa shape index (κ2) is 8.17. The molecule has 5 nitrogen and oxygen atoms in total.